The fourth-order valence-corrected chi connectivity index (χ4v) is 6.70. The van der Waals surface area contributed by atoms with E-state index in [9.17, 15) is 4.79 Å². The molecular formula is C29H30N2O. The summed E-state index contributed by atoms with van der Waals surface area (Å²) in [6, 6.07) is 23.6. The molecule has 6 rings (SSSR count). The number of hydrogen-bond acceptors (Lipinski definition) is 2. The number of rotatable bonds is 3. The van der Waals surface area contributed by atoms with E-state index in [1.165, 1.54) is 41.6 Å². The van der Waals surface area contributed by atoms with E-state index in [4.69, 9.17) is 0 Å². The third-order valence-electron chi connectivity index (χ3n) is 8.36. The van der Waals surface area contributed by atoms with Crippen molar-refractivity contribution in [2.24, 2.45) is 17.8 Å². The van der Waals surface area contributed by atoms with Crippen molar-refractivity contribution in [1.29, 1.82) is 0 Å². The van der Waals surface area contributed by atoms with Crippen LogP contribution in [-0.4, -0.2) is 5.91 Å². The summed E-state index contributed by atoms with van der Waals surface area (Å²) in [5.74, 6) is 2.66. The topological polar surface area (TPSA) is 41.1 Å². The number of nitrogens with one attached hydrogen (secondary N) is 2. The third-order valence-corrected chi connectivity index (χ3v) is 8.36. The summed E-state index contributed by atoms with van der Waals surface area (Å²) in [5, 5.41) is 7.01. The first-order valence-electron chi connectivity index (χ1n) is 11.9. The standard InChI is InChI=1S/C29H30N2O/c1-17-7-6-10-24(18(17)2)31-29(32)22-13-14-25-23(16-22)26-20-11-12-21(15-20)27(26)28(30-25)19-8-4-3-5-9-19/h3-10,13-14,16,20-21,26-28,30H,11-12,15H2,1-2H3,(H,31,32)/t20-,21-,26+,27+,28+/m1/s1. The molecule has 0 aromatic heterocycles. The zero-order valence-electron chi connectivity index (χ0n) is 18.8. The molecule has 3 aliphatic rings. The lowest BCUT2D eigenvalue weighted by atomic mass is 9.68. The van der Waals surface area contributed by atoms with Crippen molar-refractivity contribution in [2.45, 2.75) is 45.1 Å². The lowest BCUT2D eigenvalue weighted by molar-refractivity contribution is 0.102. The first-order valence-corrected chi connectivity index (χ1v) is 11.9. The van der Waals surface area contributed by atoms with Crippen LogP contribution in [0.2, 0.25) is 0 Å². The zero-order chi connectivity index (χ0) is 21.8. The van der Waals surface area contributed by atoms with Gasteiger partial charge in [0.2, 0.25) is 0 Å². The van der Waals surface area contributed by atoms with Crippen molar-refractivity contribution in [1.82, 2.24) is 0 Å². The Labute approximate surface area is 190 Å². The molecule has 1 amide bonds. The van der Waals surface area contributed by atoms with Crippen LogP contribution < -0.4 is 10.6 Å². The van der Waals surface area contributed by atoms with Gasteiger partial charge in [0.25, 0.3) is 5.91 Å². The number of amides is 1. The van der Waals surface area contributed by atoms with Gasteiger partial charge in [0.15, 0.2) is 0 Å². The second kappa shape index (κ2) is 7.51. The summed E-state index contributed by atoms with van der Waals surface area (Å²) in [6.45, 7) is 4.14. The van der Waals surface area contributed by atoms with E-state index in [1.54, 1.807) is 0 Å². The first kappa shape index (κ1) is 19.6. The van der Waals surface area contributed by atoms with Gasteiger partial charge in [-0.1, -0.05) is 42.5 Å². The van der Waals surface area contributed by atoms with Gasteiger partial charge >= 0.3 is 0 Å². The highest BCUT2D eigenvalue weighted by Crippen LogP contribution is 2.63. The zero-order valence-corrected chi connectivity index (χ0v) is 18.8. The summed E-state index contributed by atoms with van der Waals surface area (Å²) < 4.78 is 0. The maximum atomic E-state index is 13.2. The molecule has 0 spiro atoms. The van der Waals surface area contributed by atoms with Crippen molar-refractivity contribution in [3.63, 3.8) is 0 Å². The van der Waals surface area contributed by atoms with Gasteiger partial charge in [-0.3, -0.25) is 4.79 Å². The summed E-state index contributed by atoms with van der Waals surface area (Å²) in [7, 11) is 0. The lowest BCUT2D eigenvalue weighted by Crippen LogP contribution is -2.35. The molecule has 5 atom stereocenters. The molecule has 0 saturated heterocycles. The highest BCUT2D eigenvalue weighted by Gasteiger charge is 2.53. The molecule has 0 radical (unpaired) electrons. The number of anilines is 2. The van der Waals surface area contributed by atoms with Gasteiger partial charge in [0, 0.05) is 16.9 Å². The Bertz CT molecular complexity index is 1190. The van der Waals surface area contributed by atoms with E-state index >= 15 is 0 Å². The predicted molar refractivity (Wildman–Crippen MR) is 130 cm³/mol. The normalized spacial score (nSPS) is 27.4. The monoisotopic (exact) mass is 422 g/mol. The molecule has 1 aliphatic heterocycles. The van der Waals surface area contributed by atoms with E-state index in [1.807, 2.05) is 18.2 Å². The van der Waals surface area contributed by atoms with Crippen molar-refractivity contribution >= 4 is 17.3 Å². The number of carbonyl (C=O) groups excluding carboxylic acids is 1. The van der Waals surface area contributed by atoms with Crippen molar-refractivity contribution in [2.75, 3.05) is 10.6 Å². The maximum Gasteiger partial charge on any atom is 0.255 e. The molecule has 2 aliphatic carbocycles. The minimum atomic E-state index is -0.0219. The molecule has 32 heavy (non-hydrogen) atoms. The van der Waals surface area contributed by atoms with Gasteiger partial charge < -0.3 is 10.6 Å². The van der Waals surface area contributed by atoms with Crippen LogP contribution in [0, 0.1) is 31.6 Å². The van der Waals surface area contributed by atoms with E-state index in [0.29, 0.717) is 17.9 Å². The van der Waals surface area contributed by atoms with Gasteiger partial charge in [0.05, 0.1) is 6.04 Å². The molecule has 1 heterocycles. The molecule has 2 saturated carbocycles. The molecule has 3 aromatic rings. The van der Waals surface area contributed by atoms with Crippen LogP contribution in [0.15, 0.2) is 66.7 Å². The summed E-state index contributed by atoms with van der Waals surface area (Å²) in [4.78, 5) is 13.2. The van der Waals surface area contributed by atoms with E-state index in [-0.39, 0.29) is 5.91 Å². The van der Waals surface area contributed by atoms with Crippen LogP contribution in [0.25, 0.3) is 0 Å². The van der Waals surface area contributed by atoms with E-state index < -0.39 is 0 Å². The predicted octanol–water partition coefficient (Wildman–Crippen LogP) is 6.85. The number of fused-ring (bicyclic) bond motifs is 7. The van der Waals surface area contributed by atoms with Crippen molar-refractivity contribution < 1.29 is 4.79 Å². The van der Waals surface area contributed by atoms with E-state index in [2.05, 4.69) is 73.0 Å². The largest absolute Gasteiger partial charge is 0.378 e. The van der Waals surface area contributed by atoms with Crippen LogP contribution in [-0.2, 0) is 0 Å². The smallest absolute Gasteiger partial charge is 0.255 e. The van der Waals surface area contributed by atoms with Crippen LogP contribution in [0.4, 0.5) is 11.4 Å². The van der Waals surface area contributed by atoms with Crippen LogP contribution in [0.1, 0.15) is 63.8 Å². The highest BCUT2D eigenvalue weighted by atomic mass is 16.1. The first-order chi connectivity index (χ1) is 15.6. The van der Waals surface area contributed by atoms with Gasteiger partial charge in [-0.15, -0.1) is 0 Å². The van der Waals surface area contributed by atoms with Gasteiger partial charge in [0.1, 0.15) is 0 Å². The average Bonchev–Trinajstić information content (AvgIpc) is 3.44. The number of carbonyl (C=O) groups is 1. The second-order valence-electron chi connectivity index (χ2n) is 9.97. The molecule has 2 N–H and O–H groups in total. The number of benzene rings is 3. The minimum Gasteiger partial charge on any atom is -0.378 e. The molecule has 3 aromatic carbocycles. The average molecular weight is 423 g/mol. The van der Waals surface area contributed by atoms with Crippen LogP contribution in [0.5, 0.6) is 0 Å². The van der Waals surface area contributed by atoms with Crippen LogP contribution >= 0.6 is 0 Å². The van der Waals surface area contributed by atoms with Crippen molar-refractivity contribution in [3.05, 3.63) is 94.5 Å². The fourth-order valence-electron chi connectivity index (χ4n) is 6.70. The minimum absolute atomic E-state index is 0.0219. The van der Waals surface area contributed by atoms with Crippen LogP contribution in [0.3, 0.4) is 0 Å². The molecule has 2 bridgehead atoms. The summed E-state index contributed by atoms with van der Waals surface area (Å²) >= 11 is 0. The van der Waals surface area contributed by atoms with Gasteiger partial charge in [-0.25, -0.2) is 0 Å². The second-order valence-corrected chi connectivity index (χ2v) is 9.97. The Hall–Kier alpha value is -3.07. The van der Waals surface area contributed by atoms with Crippen molar-refractivity contribution in [3.8, 4) is 0 Å². The lowest BCUT2D eigenvalue weighted by Gasteiger charge is -2.43. The Morgan fingerprint density at radius 1 is 0.938 bits per heavy atom. The Kier molecular flexibility index (Phi) is 4.60. The number of aryl methyl sites for hydroxylation is 1. The summed E-state index contributed by atoms with van der Waals surface area (Å²) in [6.07, 6.45) is 4.00. The molecule has 2 fully saturated rings. The maximum absolute atomic E-state index is 13.2. The Morgan fingerprint density at radius 2 is 1.75 bits per heavy atom. The SMILES string of the molecule is Cc1cccc(NC(=O)c2ccc3c(c2)[C@@H]2[C@@H]4CC[C@H](C4)[C@@H]2[C@H](c2ccccc2)N3)c1C. The summed E-state index contributed by atoms with van der Waals surface area (Å²) in [5.41, 5.74) is 7.91. The highest BCUT2D eigenvalue weighted by molar-refractivity contribution is 6.05. The molecule has 0 unspecified atom stereocenters. The molecule has 3 nitrogen and oxygen atoms in total. The molecule has 3 heteroatoms. The Morgan fingerprint density at radius 3 is 2.59 bits per heavy atom. The quantitative estimate of drug-likeness (QED) is 0.484. The number of hydrogen-bond donors (Lipinski definition) is 2. The van der Waals surface area contributed by atoms with Gasteiger partial charge in [-0.05, 0) is 103 Å². The van der Waals surface area contributed by atoms with Gasteiger partial charge in [-0.2, -0.15) is 0 Å². The fraction of sp³-hybridized carbons (Fsp3) is 0.345. The molecular weight excluding hydrogens is 392 g/mol. The Balaban J connectivity index is 1.35. The third kappa shape index (κ3) is 3.06. The van der Waals surface area contributed by atoms with E-state index in [0.717, 1.165) is 28.7 Å². The molecule has 162 valence electrons.